The zero-order chi connectivity index (χ0) is 17.6. The molecule has 0 unspecified atom stereocenters. The highest BCUT2D eigenvalue weighted by molar-refractivity contribution is 5.87. The molecule has 25 heavy (non-hydrogen) atoms. The summed E-state index contributed by atoms with van der Waals surface area (Å²) in [6.07, 6.45) is 0. The van der Waals surface area contributed by atoms with Crippen LogP contribution in [0.4, 0.5) is 0 Å². The molecule has 0 saturated heterocycles. The predicted molar refractivity (Wildman–Crippen MR) is 89.7 cm³/mol. The number of aromatic nitrogens is 2. The quantitative estimate of drug-likeness (QED) is 0.618. The van der Waals surface area contributed by atoms with Crippen molar-refractivity contribution in [2.45, 2.75) is 0 Å². The summed E-state index contributed by atoms with van der Waals surface area (Å²) in [6, 6.07) is 12.9. The molecule has 7 nitrogen and oxygen atoms in total. The van der Waals surface area contributed by atoms with E-state index in [0.717, 1.165) is 5.39 Å². The molecule has 0 fully saturated rings. The summed E-state index contributed by atoms with van der Waals surface area (Å²) in [6.45, 7) is 0. The van der Waals surface area contributed by atoms with Gasteiger partial charge in [0.1, 0.15) is 16.9 Å². The number of rotatable bonds is 3. The van der Waals surface area contributed by atoms with Gasteiger partial charge in [-0.1, -0.05) is 0 Å². The van der Waals surface area contributed by atoms with Crippen LogP contribution in [0.1, 0.15) is 10.4 Å². The molecule has 2 aromatic carbocycles. The zero-order valence-electron chi connectivity index (χ0n) is 13.1. The molecule has 0 saturated carbocycles. The monoisotopic (exact) mass is 336 g/mol. The molecule has 0 spiro atoms. The van der Waals surface area contributed by atoms with Crippen molar-refractivity contribution in [2.24, 2.45) is 0 Å². The van der Waals surface area contributed by atoms with Crippen LogP contribution in [-0.4, -0.2) is 28.0 Å². The summed E-state index contributed by atoms with van der Waals surface area (Å²) in [4.78, 5) is 23.5. The number of carboxylic acids is 1. The Bertz CT molecular complexity index is 1120. The van der Waals surface area contributed by atoms with Gasteiger partial charge in [-0.15, -0.1) is 5.10 Å². The third-order valence-electron chi connectivity index (χ3n) is 3.93. The third kappa shape index (κ3) is 2.42. The van der Waals surface area contributed by atoms with Crippen LogP contribution in [0.25, 0.3) is 28.1 Å². The fourth-order valence-electron chi connectivity index (χ4n) is 2.62. The Hall–Kier alpha value is -3.61. The molecule has 0 radical (unpaired) electrons. The number of hydrogen-bond donors (Lipinski definition) is 1. The third-order valence-corrected chi connectivity index (χ3v) is 3.93. The Morgan fingerprint density at radius 1 is 1.16 bits per heavy atom. The molecule has 2 heterocycles. The SMILES string of the molecule is COc1ccc2cc3c(=O)n(-c4ccc(C(=O)O)cc4)nc-3oc2c1. The van der Waals surface area contributed by atoms with Crippen molar-refractivity contribution in [1.29, 1.82) is 0 Å². The second-order valence-electron chi connectivity index (χ2n) is 5.44. The van der Waals surface area contributed by atoms with Gasteiger partial charge in [0, 0.05) is 11.5 Å². The molecule has 0 aliphatic carbocycles. The minimum atomic E-state index is -1.03. The van der Waals surface area contributed by atoms with Gasteiger partial charge in [0.2, 0.25) is 5.89 Å². The number of carbonyl (C=O) groups is 1. The average Bonchev–Trinajstić information content (AvgIpc) is 2.95. The highest BCUT2D eigenvalue weighted by Crippen LogP contribution is 2.27. The smallest absolute Gasteiger partial charge is 0.335 e. The Labute approximate surface area is 141 Å². The van der Waals surface area contributed by atoms with E-state index in [9.17, 15) is 9.59 Å². The van der Waals surface area contributed by atoms with Crippen molar-refractivity contribution in [3.05, 3.63) is 64.4 Å². The molecule has 7 heteroatoms. The highest BCUT2D eigenvalue weighted by atomic mass is 16.5. The Morgan fingerprint density at radius 3 is 2.60 bits per heavy atom. The maximum Gasteiger partial charge on any atom is 0.335 e. The molecule has 1 N–H and O–H groups in total. The molecular formula is C18H12N2O5. The van der Waals surface area contributed by atoms with E-state index in [-0.39, 0.29) is 17.0 Å². The minimum absolute atomic E-state index is 0.135. The van der Waals surface area contributed by atoms with Gasteiger partial charge in [-0.25, -0.2) is 4.79 Å². The van der Waals surface area contributed by atoms with E-state index >= 15 is 0 Å². The second kappa shape index (κ2) is 5.48. The van der Waals surface area contributed by atoms with Gasteiger partial charge in [-0.3, -0.25) is 4.79 Å². The van der Waals surface area contributed by atoms with Crippen molar-refractivity contribution in [3.63, 3.8) is 0 Å². The van der Waals surface area contributed by atoms with Crippen LogP contribution in [-0.2, 0) is 0 Å². The molecule has 2 aliphatic rings. The first-order valence-electron chi connectivity index (χ1n) is 7.41. The van der Waals surface area contributed by atoms with E-state index in [2.05, 4.69) is 5.10 Å². The second-order valence-corrected chi connectivity index (χ2v) is 5.44. The van der Waals surface area contributed by atoms with Gasteiger partial charge < -0.3 is 14.3 Å². The zero-order valence-corrected chi connectivity index (χ0v) is 13.1. The molecule has 2 aliphatic heterocycles. The molecule has 124 valence electrons. The van der Waals surface area contributed by atoms with Crippen LogP contribution in [0, 0.1) is 0 Å². The van der Waals surface area contributed by atoms with Gasteiger partial charge in [0.15, 0.2) is 0 Å². The Balaban J connectivity index is 1.89. The first kappa shape index (κ1) is 14.9. The van der Waals surface area contributed by atoms with E-state index in [0.29, 0.717) is 22.6 Å². The predicted octanol–water partition coefficient (Wildman–Crippen LogP) is 2.79. The van der Waals surface area contributed by atoms with Crippen LogP contribution in [0.15, 0.2) is 57.7 Å². The summed E-state index contributed by atoms with van der Waals surface area (Å²) in [5, 5.41) is 13.9. The number of benzene rings is 2. The van der Waals surface area contributed by atoms with Gasteiger partial charge in [0.05, 0.1) is 18.4 Å². The number of methoxy groups -OCH3 is 1. The van der Waals surface area contributed by atoms with Crippen molar-refractivity contribution < 1.29 is 19.1 Å². The number of carboxylic acid groups (broad SMARTS) is 1. The first-order chi connectivity index (χ1) is 12.1. The summed E-state index contributed by atoms with van der Waals surface area (Å²) in [5.41, 5.74) is 1.16. The Kier molecular flexibility index (Phi) is 3.28. The lowest BCUT2D eigenvalue weighted by molar-refractivity contribution is 0.0697. The summed E-state index contributed by atoms with van der Waals surface area (Å²) < 4.78 is 12.1. The van der Waals surface area contributed by atoms with Crippen LogP contribution >= 0.6 is 0 Å². The van der Waals surface area contributed by atoms with Crippen molar-refractivity contribution in [2.75, 3.05) is 7.11 Å². The number of nitrogens with zero attached hydrogens (tertiary/aromatic N) is 2. The largest absolute Gasteiger partial charge is 0.497 e. The Morgan fingerprint density at radius 2 is 1.92 bits per heavy atom. The first-order valence-corrected chi connectivity index (χ1v) is 7.41. The van der Waals surface area contributed by atoms with Crippen molar-refractivity contribution in [1.82, 2.24) is 9.78 Å². The molecule has 0 amide bonds. The maximum atomic E-state index is 12.6. The maximum absolute atomic E-state index is 12.6. The molecular weight excluding hydrogens is 324 g/mol. The van der Waals surface area contributed by atoms with E-state index in [4.69, 9.17) is 14.3 Å². The number of ether oxygens (including phenoxy) is 1. The van der Waals surface area contributed by atoms with Crippen LogP contribution in [0.2, 0.25) is 0 Å². The highest BCUT2D eigenvalue weighted by Gasteiger charge is 2.19. The molecule has 4 rings (SSSR count). The minimum Gasteiger partial charge on any atom is -0.497 e. The summed E-state index contributed by atoms with van der Waals surface area (Å²) >= 11 is 0. The van der Waals surface area contributed by atoms with E-state index in [1.807, 2.05) is 0 Å². The fourth-order valence-corrected chi connectivity index (χ4v) is 2.62. The lowest BCUT2D eigenvalue weighted by Crippen LogP contribution is -2.14. The summed E-state index contributed by atoms with van der Waals surface area (Å²) in [5.74, 6) is -0.190. The normalized spacial score (nSPS) is 11.1. The van der Waals surface area contributed by atoms with E-state index in [1.165, 1.54) is 28.9 Å². The number of aromatic carboxylic acids is 1. The molecule has 0 aromatic heterocycles. The molecule has 0 atom stereocenters. The van der Waals surface area contributed by atoms with E-state index in [1.54, 1.807) is 31.4 Å². The van der Waals surface area contributed by atoms with Gasteiger partial charge in [0.25, 0.3) is 5.56 Å². The fraction of sp³-hybridized carbons (Fsp3) is 0.0556. The van der Waals surface area contributed by atoms with E-state index < -0.39 is 5.97 Å². The summed E-state index contributed by atoms with van der Waals surface area (Å²) in [7, 11) is 1.56. The topological polar surface area (TPSA) is 94.6 Å². The number of fused-ring (bicyclic) bond motifs is 2. The standard InChI is InChI=1S/C18H12N2O5/c1-24-13-7-4-11-8-14-16(25-15(11)9-13)19-20(17(14)21)12-5-2-10(3-6-12)18(22)23/h2-9H,1H3,(H,22,23). The molecule has 2 aromatic rings. The van der Waals surface area contributed by atoms with Gasteiger partial charge in [-0.05, 0) is 42.5 Å². The molecule has 0 bridgehead atoms. The average molecular weight is 336 g/mol. The van der Waals surface area contributed by atoms with Crippen molar-refractivity contribution >= 4 is 16.9 Å². The van der Waals surface area contributed by atoms with Gasteiger partial charge in [-0.2, -0.15) is 4.68 Å². The lowest BCUT2D eigenvalue weighted by Gasteiger charge is -2.03. The number of hydrogen-bond acceptors (Lipinski definition) is 5. The van der Waals surface area contributed by atoms with Gasteiger partial charge >= 0.3 is 5.97 Å². The van der Waals surface area contributed by atoms with Crippen molar-refractivity contribution in [3.8, 4) is 22.9 Å². The van der Waals surface area contributed by atoms with Crippen LogP contribution < -0.4 is 10.3 Å². The van der Waals surface area contributed by atoms with Crippen LogP contribution in [0.3, 0.4) is 0 Å². The lowest BCUT2D eigenvalue weighted by atomic mass is 10.1. The van der Waals surface area contributed by atoms with Crippen LogP contribution in [0.5, 0.6) is 5.75 Å².